The van der Waals surface area contributed by atoms with Crippen molar-refractivity contribution >= 4 is 5.97 Å². The van der Waals surface area contributed by atoms with E-state index in [2.05, 4.69) is 0 Å². The van der Waals surface area contributed by atoms with Gasteiger partial charge in [0.05, 0.1) is 6.61 Å². The molecule has 0 saturated heterocycles. The minimum absolute atomic E-state index is 0.843. The van der Waals surface area contributed by atoms with E-state index in [1.807, 2.05) is 0 Å². The number of carbonyl (C=O) groups is 1. The van der Waals surface area contributed by atoms with Gasteiger partial charge >= 0.3 is 5.97 Å². The summed E-state index contributed by atoms with van der Waals surface area (Å²) in [5, 5.41) is 51.8. The number of hydrogen-bond donors (Lipinski definition) is 6. The molecule has 0 aliphatic carbocycles. The molecular formula is C6H12O7. The Kier molecular flexibility index (Phi) is 4.81. The molecule has 1 unspecified atom stereocenters. The molecule has 0 saturated carbocycles. The van der Waals surface area contributed by atoms with Crippen molar-refractivity contribution in [3.05, 3.63) is 0 Å². The van der Waals surface area contributed by atoms with Gasteiger partial charge in [0.25, 0.3) is 0 Å². The molecule has 0 fully saturated rings. The highest BCUT2D eigenvalue weighted by Crippen LogP contribution is 2.04. The molecule has 0 heterocycles. The monoisotopic (exact) mass is 196 g/mol. The number of carboxylic acid groups (broad SMARTS) is 1. The number of aliphatic hydroxyl groups excluding tert-OH is 5. The number of hydrogen-bond acceptors (Lipinski definition) is 6. The highest BCUT2D eigenvalue weighted by atomic mass is 16.4. The second-order valence-electron chi connectivity index (χ2n) is 2.51. The third-order valence-electron chi connectivity index (χ3n) is 1.51. The summed E-state index contributed by atoms with van der Waals surface area (Å²) < 4.78 is 0. The fourth-order valence-corrected chi connectivity index (χ4v) is 0.668. The Balaban J connectivity index is 4.24. The average molecular weight is 196 g/mol. The molecule has 0 aromatic rings. The van der Waals surface area contributed by atoms with Gasteiger partial charge in [-0.25, -0.2) is 4.79 Å². The highest BCUT2D eigenvalue weighted by Gasteiger charge is 2.33. The van der Waals surface area contributed by atoms with Gasteiger partial charge in [-0.2, -0.15) is 0 Å². The van der Waals surface area contributed by atoms with Crippen molar-refractivity contribution in [1.29, 1.82) is 0 Å². The van der Waals surface area contributed by atoms with Gasteiger partial charge in [-0.15, -0.1) is 0 Å². The fourth-order valence-electron chi connectivity index (χ4n) is 0.668. The number of rotatable bonds is 5. The lowest BCUT2D eigenvalue weighted by Crippen LogP contribution is -2.48. The van der Waals surface area contributed by atoms with Gasteiger partial charge in [-0.05, 0) is 0 Å². The second-order valence-corrected chi connectivity index (χ2v) is 2.51. The van der Waals surface area contributed by atoms with Crippen molar-refractivity contribution < 1.29 is 35.4 Å². The van der Waals surface area contributed by atoms with Crippen LogP contribution < -0.4 is 0 Å². The Hall–Kier alpha value is -0.730. The van der Waals surface area contributed by atoms with Gasteiger partial charge in [0.15, 0.2) is 6.10 Å². The van der Waals surface area contributed by atoms with E-state index in [-0.39, 0.29) is 0 Å². The predicted octanol–water partition coefficient (Wildman–Crippen LogP) is -3.49. The predicted molar refractivity (Wildman–Crippen MR) is 38.7 cm³/mol. The van der Waals surface area contributed by atoms with Crippen LogP contribution in [0.1, 0.15) is 0 Å². The maximum absolute atomic E-state index is 10.1. The number of aliphatic hydroxyl groups is 5. The van der Waals surface area contributed by atoms with Crippen LogP contribution in [0.4, 0.5) is 0 Å². The Bertz CT molecular complexity index is 170. The van der Waals surface area contributed by atoms with Crippen LogP contribution in [0.3, 0.4) is 0 Å². The lowest BCUT2D eigenvalue weighted by molar-refractivity contribution is -0.164. The minimum atomic E-state index is -2.20. The van der Waals surface area contributed by atoms with E-state index in [9.17, 15) is 4.79 Å². The van der Waals surface area contributed by atoms with Crippen LogP contribution in [0.2, 0.25) is 0 Å². The molecule has 0 aliphatic heterocycles. The molecule has 0 amide bonds. The SMILES string of the molecule is O=C(O)[C@H](O)[C@@H](O)[C@H](O)C(O)CO. The first-order valence-electron chi connectivity index (χ1n) is 3.47. The summed E-state index contributed by atoms with van der Waals surface area (Å²) >= 11 is 0. The molecule has 4 atom stereocenters. The smallest absolute Gasteiger partial charge is 0.335 e. The summed E-state index contributed by atoms with van der Waals surface area (Å²) in [5.41, 5.74) is 0. The minimum Gasteiger partial charge on any atom is -0.479 e. The molecule has 7 nitrogen and oxygen atoms in total. The Labute approximate surface area is 73.5 Å². The lowest BCUT2D eigenvalue weighted by atomic mass is 10.0. The Morgan fingerprint density at radius 1 is 1.08 bits per heavy atom. The zero-order valence-corrected chi connectivity index (χ0v) is 6.61. The van der Waals surface area contributed by atoms with Crippen LogP contribution in [0.5, 0.6) is 0 Å². The van der Waals surface area contributed by atoms with Crippen molar-refractivity contribution in [2.75, 3.05) is 6.61 Å². The molecule has 0 bridgehead atoms. The van der Waals surface area contributed by atoms with Gasteiger partial charge in [0, 0.05) is 0 Å². The highest BCUT2D eigenvalue weighted by molar-refractivity contribution is 5.72. The van der Waals surface area contributed by atoms with Gasteiger partial charge in [0.2, 0.25) is 0 Å². The maximum Gasteiger partial charge on any atom is 0.335 e. The topological polar surface area (TPSA) is 138 Å². The standard InChI is InChI=1S/C6H12O7/c7-1-2(8)3(9)4(10)5(11)6(12)13/h2-5,7-11H,1H2,(H,12,13)/t2?,3-,4+,5-/m1/s1. The third kappa shape index (κ3) is 3.25. The van der Waals surface area contributed by atoms with Crippen LogP contribution in [-0.2, 0) is 4.79 Å². The van der Waals surface area contributed by atoms with Gasteiger partial charge < -0.3 is 30.6 Å². The first-order valence-corrected chi connectivity index (χ1v) is 3.47. The Morgan fingerprint density at radius 2 is 1.54 bits per heavy atom. The molecule has 0 rings (SSSR count). The maximum atomic E-state index is 10.1. The van der Waals surface area contributed by atoms with Crippen molar-refractivity contribution in [3.63, 3.8) is 0 Å². The average Bonchev–Trinajstić information content (AvgIpc) is 2.12. The quantitative estimate of drug-likeness (QED) is 0.268. The molecule has 78 valence electrons. The molecule has 0 aliphatic rings. The molecule has 0 aromatic heterocycles. The molecule has 0 spiro atoms. The van der Waals surface area contributed by atoms with Gasteiger partial charge in [0.1, 0.15) is 18.3 Å². The lowest BCUT2D eigenvalue weighted by Gasteiger charge is -2.23. The van der Waals surface area contributed by atoms with Crippen molar-refractivity contribution in [2.24, 2.45) is 0 Å². The normalized spacial score (nSPS) is 20.4. The first kappa shape index (κ1) is 12.3. The van der Waals surface area contributed by atoms with Crippen LogP contribution >= 0.6 is 0 Å². The van der Waals surface area contributed by atoms with Crippen molar-refractivity contribution in [2.45, 2.75) is 24.4 Å². The molecule has 7 heteroatoms. The summed E-state index contributed by atoms with van der Waals surface area (Å²) in [5.74, 6) is -1.73. The summed E-state index contributed by atoms with van der Waals surface area (Å²) in [6.45, 7) is -0.843. The number of aliphatic carboxylic acids is 1. The van der Waals surface area contributed by atoms with Gasteiger partial charge in [-0.1, -0.05) is 0 Å². The van der Waals surface area contributed by atoms with E-state index in [0.717, 1.165) is 0 Å². The first-order chi connectivity index (χ1) is 5.91. The molecule has 6 N–H and O–H groups in total. The van der Waals surface area contributed by atoms with E-state index < -0.39 is 37.0 Å². The van der Waals surface area contributed by atoms with Crippen molar-refractivity contribution in [3.8, 4) is 0 Å². The zero-order chi connectivity index (χ0) is 10.6. The molecule has 0 aromatic carbocycles. The number of carboxylic acids is 1. The second kappa shape index (κ2) is 5.10. The van der Waals surface area contributed by atoms with Crippen LogP contribution in [0, 0.1) is 0 Å². The van der Waals surface area contributed by atoms with Crippen LogP contribution in [0.25, 0.3) is 0 Å². The van der Waals surface area contributed by atoms with Crippen LogP contribution in [-0.4, -0.2) is 67.6 Å². The largest absolute Gasteiger partial charge is 0.479 e. The van der Waals surface area contributed by atoms with Crippen LogP contribution in [0.15, 0.2) is 0 Å². The Morgan fingerprint density at radius 3 is 1.85 bits per heavy atom. The van der Waals surface area contributed by atoms with E-state index in [1.165, 1.54) is 0 Å². The molecule has 13 heavy (non-hydrogen) atoms. The zero-order valence-electron chi connectivity index (χ0n) is 6.61. The summed E-state index contributed by atoms with van der Waals surface area (Å²) in [7, 11) is 0. The van der Waals surface area contributed by atoms with E-state index >= 15 is 0 Å². The third-order valence-corrected chi connectivity index (χ3v) is 1.51. The summed E-state index contributed by atoms with van der Waals surface area (Å²) in [6.07, 6.45) is -7.84. The van der Waals surface area contributed by atoms with E-state index in [0.29, 0.717) is 0 Å². The van der Waals surface area contributed by atoms with Gasteiger partial charge in [-0.3, -0.25) is 0 Å². The van der Waals surface area contributed by atoms with Crippen molar-refractivity contribution in [1.82, 2.24) is 0 Å². The van der Waals surface area contributed by atoms with E-state index in [4.69, 9.17) is 30.6 Å². The molecular weight excluding hydrogens is 184 g/mol. The summed E-state index contributed by atoms with van der Waals surface area (Å²) in [4.78, 5) is 10.1. The summed E-state index contributed by atoms with van der Waals surface area (Å²) in [6, 6.07) is 0. The van der Waals surface area contributed by atoms with E-state index in [1.54, 1.807) is 0 Å². The molecule has 0 radical (unpaired) electrons. The fraction of sp³-hybridized carbons (Fsp3) is 0.833.